The number of ketones is 1. The van der Waals surface area contributed by atoms with Crippen LogP contribution in [-0.2, 0) is 21.1 Å². The van der Waals surface area contributed by atoms with Gasteiger partial charge in [-0.15, -0.1) is 11.3 Å². The summed E-state index contributed by atoms with van der Waals surface area (Å²) in [7, 11) is -3.21. The lowest BCUT2D eigenvalue weighted by molar-refractivity contribution is -0.118. The van der Waals surface area contributed by atoms with Gasteiger partial charge < -0.3 is 0 Å². The van der Waals surface area contributed by atoms with Crippen LogP contribution < -0.4 is 0 Å². The number of Topliss-reactive ketones (excluding diaryl/α,β-unsaturated/α-hetero) is 1. The Morgan fingerprint density at radius 1 is 1.41 bits per heavy atom. The van der Waals surface area contributed by atoms with E-state index in [-0.39, 0.29) is 18.0 Å². The van der Waals surface area contributed by atoms with Crippen molar-refractivity contribution in [1.82, 2.24) is 0 Å². The third-order valence-corrected chi connectivity index (χ3v) is 6.37. The van der Waals surface area contributed by atoms with E-state index in [1.54, 1.807) is 12.1 Å². The van der Waals surface area contributed by atoms with Crippen molar-refractivity contribution < 1.29 is 13.2 Å². The lowest BCUT2D eigenvalue weighted by atomic mass is 10.1. The summed E-state index contributed by atoms with van der Waals surface area (Å²) < 4.78 is 24.2. The van der Waals surface area contributed by atoms with E-state index < -0.39 is 15.1 Å². The molecule has 2 heterocycles. The average molecular weight is 293 g/mol. The number of halogens is 1. The standard InChI is InChI=1S/C11H13ClO3S2/c12-11-5-4-8(16-11)7-9(13)10-3-1-2-6-17(10,14)15/h4-5,10H,1-3,6-7H2. The Bertz CT molecular complexity index is 519. The zero-order chi connectivity index (χ0) is 12.5. The number of hydrogen-bond donors (Lipinski definition) is 0. The van der Waals surface area contributed by atoms with Crippen LogP contribution in [-0.4, -0.2) is 25.2 Å². The summed E-state index contributed by atoms with van der Waals surface area (Å²) in [4.78, 5) is 12.8. The highest BCUT2D eigenvalue weighted by Gasteiger charge is 2.34. The predicted molar refractivity (Wildman–Crippen MR) is 69.5 cm³/mol. The minimum Gasteiger partial charge on any atom is -0.298 e. The molecule has 6 heteroatoms. The largest absolute Gasteiger partial charge is 0.298 e. The third kappa shape index (κ3) is 3.09. The van der Waals surface area contributed by atoms with Gasteiger partial charge in [-0.25, -0.2) is 8.42 Å². The molecule has 94 valence electrons. The molecule has 0 spiro atoms. The summed E-state index contributed by atoms with van der Waals surface area (Å²) in [5.41, 5.74) is 0. The Hall–Kier alpha value is -0.390. The number of hydrogen-bond acceptors (Lipinski definition) is 4. The molecule has 0 saturated carbocycles. The lowest BCUT2D eigenvalue weighted by Gasteiger charge is -2.20. The summed E-state index contributed by atoms with van der Waals surface area (Å²) in [5.74, 6) is -0.0440. The highest BCUT2D eigenvalue weighted by atomic mass is 35.5. The summed E-state index contributed by atoms with van der Waals surface area (Å²) in [6.45, 7) is 0. The van der Waals surface area contributed by atoms with E-state index in [1.807, 2.05) is 0 Å². The molecule has 1 unspecified atom stereocenters. The van der Waals surface area contributed by atoms with Gasteiger partial charge in [-0.2, -0.15) is 0 Å². The minimum absolute atomic E-state index is 0.147. The monoisotopic (exact) mass is 292 g/mol. The lowest BCUT2D eigenvalue weighted by Crippen LogP contribution is -2.36. The van der Waals surface area contributed by atoms with E-state index in [2.05, 4.69) is 0 Å². The maximum absolute atomic E-state index is 12.0. The van der Waals surface area contributed by atoms with Crippen LogP contribution in [0.1, 0.15) is 24.1 Å². The average Bonchev–Trinajstić information content (AvgIpc) is 2.63. The normalized spacial score (nSPS) is 23.5. The van der Waals surface area contributed by atoms with Gasteiger partial charge in [0.15, 0.2) is 15.6 Å². The quantitative estimate of drug-likeness (QED) is 0.860. The van der Waals surface area contributed by atoms with Crippen molar-refractivity contribution in [2.75, 3.05) is 5.75 Å². The number of sulfone groups is 1. The molecule has 0 amide bonds. The molecule has 3 nitrogen and oxygen atoms in total. The van der Waals surface area contributed by atoms with Gasteiger partial charge in [0.25, 0.3) is 0 Å². The Morgan fingerprint density at radius 2 is 2.18 bits per heavy atom. The molecule has 1 aromatic heterocycles. The fourth-order valence-electron chi connectivity index (χ4n) is 2.05. The van der Waals surface area contributed by atoms with Crippen LogP contribution in [0.2, 0.25) is 4.34 Å². The van der Waals surface area contributed by atoms with E-state index in [1.165, 1.54) is 11.3 Å². The molecule has 0 aromatic carbocycles. The van der Waals surface area contributed by atoms with Gasteiger partial charge in [-0.1, -0.05) is 18.0 Å². The number of carbonyl (C=O) groups is 1. The Morgan fingerprint density at radius 3 is 2.76 bits per heavy atom. The number of rotatable bonds is 3. The second kappa shape index (κ2) is 5.08. The summed E-state index contributed by atoms with van der Waals surface area (Å²) in [6, 6.07) is 3.50. The highest BCUT2D eigenvalue weighted by molar-refractivity contribution is 7.92. The molecular formula is C11H13ClO3S2. The fraction of sp³-hybridized carbons (Fsp3) is 0.545. The van der Waals surface area contributed by atoms with E-state index in [0.717, 1.165) is 11.3 Å². The first-order valence-corrected chi connectivity index (χ1v) is 8.38. The van der Waals surface area contributed by atoms with Gasteiger partial charge in [0.05, 0.1) is 10.1 Å². The number of thiophene rings is 1. The molecular weight excluding hydrogens is 280 g/mol. The first kappa shape index (κ1) is 13.1. The van der Waals surface area contributed by atoms with Gasteiger partial charge in [-0.05, 0) is 25.0 Å². The topological polar surface area (TPSA) is 51.2 Å². The second-order valence-corrected chi connectivity index (χ2v) is 8.30. The molecule has 0 radical (unpaired) electrons. The van der Waals surface area contributed by atoms with Crippen LogP contribution in [0.4, 0.5) is 0 Å². The maximum atomic E-state index is 12.0. The zero-order valence-electron chi connectivity index (χ0n) is 9.19. The first-order valence-electron chi connectivity index (χ1n) is 5.47. The van der Waals surface area contributed by atoms with Crippen LogP contribution in [0.3, 0.4) is 0 Å². The number of carbonyl (C=O) groups excluding carboxylic acids is 1. The third-order valence-electron chi connectivity index (χ3n) is 2.92. The van der Waals surface area contributed by atoms with Crippen molar-refractivity contribution in [3.05, 3.63) is 21.3 Å². The van der Waals surface area contributed by atoms with Crippen molar-refractivity contribution in [3.63, 3.8) is 0 Å². The molecule has 1 saturated heterocycles. The van der Waals surface area contributed by atoms with Crippen molar-refractivity contribution >= 4 is 38.6 Å². The van der Waals surface area contributed by atoms with Crippen LogP contribution in [0.25, 0.3) is 0 Å². The molecule has 1 aliphatic rings. The van der Waals surface area contributed by atoms with Gasteiger partial charge in [0, 0.05) is 11.3 Å². The predicted octanol–water partition coefficient (Wildman–Crippen LogP) is 2.48. The van der Waals surface area contributed by atoms with E-state index in [0.29, 0.717) is 17.2 Å². The van der Waals surface area contributed by atoms with E-state index >= 15 is 0 Å². The molecule has 1 atom stereocenters. The Balaban J connectivity index is 2.09. The van der Waals surface area contributed by atoms with Crippen LogP contribution in [0.15, 0.2) is 12.1 Å². The van der Waals surface area contributed by atoms with Gasteiger partial charge in [-0.3, -0.25) is 4.79 Å². The summed E-state index contributed by atoms with van der Waals surface area (Å²) in [5, 5.41) is -0.794. The molecule has 1 aromatic rings. The van der Waals surface area contributed by atoms with Crippen molar-refractivity contribution in [2.24, 2.45) is 0 Å². The summed E-state index contributed by atoms with van der Waals surface area (Å²) in [6.07, 6.45) is 2.15. The molecule has 1 fully saturated rings. The maximum Gasteiger partial charge on any atom is 0.160 e. The molecule has 1 aliphatic heterocycles. The van der Waals surface area contributed by atoms with Crippen molar-refractivity contribution in [3.8, 4) is 0 Å². The highest BCUT2D eigenvalue weighted by Crippen LogP contribution is 2.25. The summed E-state index contributed by atoms with van der Waals surface area (Å²) >= 11 is 7.10. The van der Waals surface area contributed by atoms with Gasteiger partial charge in [0.1, 0.15) is 5.25 Å². The molecule has 17 heavy (non-hydrogen) atoms. The minimum atomic E-state index is -3.21. The molecule has 0 bridgehead atoms. The SMILES string of the molecule is O=C(Cc1ccc(Cl)s1)C1CCCCS1(=O)=O. The Labute approximate surface area is 110 Å². The first-order chi connectivity index (χ1) is 7.99. The van der Waals surface area contributed by atoms with Gasteiger partial charge >= 0.3 is 0 Å². The van der Waals surface area contributed by atoms with E-state index in [9.17, 15) is 13.2 Å². The van der Waals surface area contributed by atoms with Crippen LogP contribution in [0.5, 0.6) is 0 Å². The van der Waals surface area contributed by atoms with E-state index in [4.69, 9.17) is 11.6 Å². The molecule has 2 rings (SSSR count). The Kier molecular flexibility index (Phi) is 3.90. The van der Waals surface area contributed by atoms with Gasteiger partial charge in [0.2, 0.25) is 0 Å². The second-order valence-electron chi connectivity index (χ2n) is 4.20. The molecule has 0 aliphatic carbocycles. The van der Waals surface area contributed by atoms with Crippen LogP contribution in [0, 0.1) is 0 Å². The zero-order valence-corrected chi connectivity index (χ0v) is 11.6. The molecule has 0 N–H and O–H groups in total. The smallest absolute Gasteiger partial charge is 0.160 e. The fourth-order valence-corrected chi connectivity index (χ4v) is 5.05. The van der Waals surface area contributed by atoms with Crippen molar-refractivity contribution in [2.45, 2.75) is 30.9 Å². The van der Waals surface area contributed by atoms with Crippen molar-refractivity contribution in [1.29, 1.82) is 0 Å². The van der Waals surface area contributed by atoms with Crippen LogP contribution >= 0.6 is 22.9 Å².